The number of rotatable bonds is 23. The molecule has 2 aromatic carbocycles. The summed E-state index contributed by atoms with van der Waals surface area (Å²) in [6, 6.07) is 11.3. The Morgan fingerprint density at radius 1 is 0.644 bits per heavy atom. The number of nitrogens with two attached hydrogens (primary N) is 1. The molecule has 4 atom stereocenters. The summed E-state index contributed by atoms with van der Waals surface area (Å²) in [6.45, 7) is 17.4. The lowest BCUT2D eigenvalue weighted by Gasteiger charge is -2.31. The van der Waals surface area contributed by atoms with Gasteiger partial charge in [-0.3, -0.25) is 28.8 Å². The number of benzene rings is 2. The fourth-order valence-electron chi connectivity index (χ4n) is 6.18. The van der Waals surface area contributed by atoms with Crippen molar-refractivity contribution in [2.45, 2.75) is 137 Å². The summed E-state index contributed by atoms with van der Waals surface area (Å²) in [7, 11) is 0. The number of primary amides is 1. The van der Waals surface area contributed by atoms with Crippen molar-refractivity contribution in [1.29, 1.82) is 0 Å². The van der Waals surface area contributed by atoms with Gasteiger partial charge in [-0.1, -0.05) is 70.5 Å². The van der Waals surface area contributed by atoms with Crippen LogP contribution in [0, 0.1) is 18.3 Å². The van der Waals surface area contributed by atoms with E-state index in [0.717, 1.165) is 5.56 Å². The van der Waals surface area contributed by atoms with Crippen LogP contribution in [-0.2, 0) is 24.0 Å². The van der Waals surface area contributed by atoms with E-state index in [-0.39, 0.29) is 43.0 Å². The maximum atomic E-state index is 13.9. The number of hydrogen-bond donors (Lipinski definition) is 8. The van der Waals surface area contributed by atoms with Crippen LogP contribution < -0.4 is 43.0 Å². The van der Waals surface area contributed by atoms with Crippen LogP contribution in [0.5, 0.6) is 0 Å². The van der Waals surface area contributed by atoms with Crippen molar-refractivity contribution in [3.63, 3.8) is 0 Å². The Balaban J connectivity index is 2.13. The molecule has 15 heteroatoms. The van der Waals surface area contributed by atoms with Gasteiger partial charge in [0.05, 0.1) is 6.04 Å². The number of unbranched alkanes of at least 4 members (excludes halogenated alkanes) is 1. The van der Waals surface area contributed by atoms with Crippen molar-refractivity contribution in [3.05, 3.63) is 65.7 Å². The zero-order valence-corrected chi connectivity index (χ0v) is 36.4. The molecule has 0 radical (unpaired) electrons. The Morgan fingerprint density at radius 2 is 1.24 bits per heavy atom. The summed E-state index contributed by atoms with van der Waals surface area (Å²) >= 11 is 0. The van der Waals surface area contributed by atoms with Crippen molar-refractivity contribution in [3.8, 4) is 0 Å². The highest BCUT2D eigenvalue weighted by atomic mass is 16.2. The van der Waals surface area contributed by atoms with Crippen LogP contribution in [0.2, 0.25) is 0 Å². The molecule has 2 rings (SSSR count). The number of Topliss-reactive ketones (excluding diaryl/α,β-unsaturated/α-hetero) is 1. The Labute approximate surface area is 349 Å². The van der Waals surface area contributed by atoms with E-state index in [0.29, 0.717) is 43.5 Å². The summed E-state index contributed by atoms with van der Waals surface area (Å²) in [5.74, 6) is -2.69. The molecular weight excluding hydrogens is 753 g/mol. The molecule has 0 aliphatic rings. The van der Waals surface area contributed by atoms with Gasteiger partial charge in [0, 0.05) is 41.7 Å². The van der Waals surface area contributed by atoms with E-state index >= 15 is 0 Å². The number of amides is 7. The third-order valence-corrected chi connectivity index (χ3v) is 9.39. The Bertz CT molecular complexity index is 1700. The summed E-state index contributed by atoms with van der Waals surface area (Å²) in [6.07, 6.45) is 2.15. The first kappa shape index (κ1) is 49.8. The third kappa shape index (κ3) is 19.3. The number of carbonyl (C=O) groups is 7. The van der Waals surface area contributed by atoms with E-state index in [1.807, 2.05) is 60.6 Å². The van der Waals surface area contributed by atoms with Crippen LogP contribution in [-0.4, -0.2) is 84.1 Å². The smallest absolute Gasteiger partial charge is 0.312 e. The summed E-state index contributed by atoms with van der Waals surface area (Å²) < 4.78 is 0. The molecule has 0 fully saturated rings. The average Bonchev–Trinajstić information content (AvgIpc) is 3.15. The quantitative estimate of drug-likeness (QED) is 0.0755. The molecule has 9 N–H and O–H groups in total. The van der Waals surface area contributed by atoms with Gasteiger partial charge in [0.15, 0.2) is 5.78 Å². The van der Waals surface area contributed by atoms with E-state index in [1.54, 1.807) is 56.3 Å². The minimum Gasteiger partial charge on any atom is -0.356 e. The average molecular weight is 821 g/mol. The fraction of sp³-hybridized carbons (Fsp3) is 0.568. The zero-order valence-electron chi connectivity index (χ0n) is 36.4. The van der Waals surface area contributed by atoms with Crippen molar-refractivity contribution in [2.24, 2.45) is 17.1 Å². The van der Waals surface area contributed by atoms with E-state index in [9.17, 15) is 33.6 Å². The lowest BCUT2D eigenvalue weighted by atomic mass is 9.84. The molecule has 59 heavy (non-hydrogen) atoms. The molecule has 0 spiro atoms. The van der Waals surface area contributed by atoms with E-state index < -0.39 is 65.2 Å². The van der Waals surface area contributed by atoms with E-state index in [2.05, 4.69) is 37.2 Å². The van der Waals surface area contributed by atoms with E-state index in [4.69, 9.17) is 5.73 Å². The van der Waals surface area contributed by atoms with Gasteiger partial charge >= 0.3 is 6.03 Å². The minimum atomic E-state index is -1.07. The molecule has 15 nitrogen and oxygen atoms in total. The van der Waals surface area contributed by atoms with Crippen LogP contribution in [0.3, 0.4) is 0 Å². The van der Waals surface area contributed by atoms with Crippen molar-refractivity contribution >= 4 is 47.0 Å². The first-order valence-electron chi connectivity index (χ1n) is 20.5. The van der Waals surface area contributed by atoms with Crippen LogP contribution >= 0.6 is 0 Å². The number of hydrogen-bond acceptors (Lipinski definition) is 8. The van der Waals surface area contributed by atoms with Gasteiger partial charge in [-0.2, -0.15) is 0 Å². The number of aryl methyl sites for hydroxylation is 1. The first-order valence-corrected chi connectivity index (χ1v) is 20.5. The third-order valence-electron chi connectivity index (χ3n) is 9.39. The monoisotopic (exact) mass is 821 g/mol. The largest absolute Gasteiger partial charge is 0.356 e. The molecule has 0 aliphatic heterocycles. The topological polar surface area (TPSA) is 230 Å². The number of anilines is 1. The van der Waals surface area contributed by atoms with Crippen molar-refractivity contribution < 1.29 is 33.6 Å². The fourth-order valence-corrected chi connectivity index (χ4v) is 6.18. The van der Waals surface area contributed by atoms with Crippen LogP contribution in [0.4, 0.5) is 10.5 Å². The van der Waals surface area contributed by atoms with Gasteiger partial charge in [-0.25, -0.2) is 4.79 Å². The number of nitrogens with one attached hydrogen (secondary N) is 7. The van der Waals surface area contributed by atoms with Crippen LogP contribution in [0.1, 0.15) is 116 Å². The van der Waals surface area contributed by atoms with Gasteiger partial charge in [-0.05, 0) is 96.4 Å². The summed E-state index contributed by atoms with van der Waals surface area (Å²) in [5.41, 5.74) is 6.21. The van der Waals surface area contributed by atoms with Gasteiger partial charge in [-0.15, -0.1) is 0 Å². The Morgan fingerprint density at radius 3 is 1.81 bits per heavy atom. The second-order valence-corrected chi connectivity index (χ2v) is 17.4. The second-order valence-electron chi connectivity index (χ2n) is 17.4. The molecule has 0 aromatic heterocycles. The lowest BCUT2D eigenvalue weighted by molar-refractivity contribution is -0.132. The highest BCUT2D eigenvalue weighted by Gasteiger charge is 2.33. The molecule has 7 amide bonds. The number of urea groups is 1. The lowest BCUT2D eigenvalue weighted by Crippen LogP contribution is -2.57. The maximum Gasteiger partial charge on any atom is 0.312 e. The molecule has 326 valence electrons. The molecule has 0 heterocycles. The molecule has 2 aromatic rings. The summed E-state index contributed by atoms with van der Waals surface area (Å²) in [4.78, 5) is 91.5. The molecule has 0 saturated carbocycles. The predicted molar refractivity (Wildman–Crippen MR) is 230 cm³/mol. The second kappa shape index (κ2) is 23.9. The highest BCUT2D eigenvalue weighted by Crippen LogP contribution is 2.21. The van der Waals surface area contributed by atoms with Crippen molar-refractivity contribution in [2.75, 3.05) is 18.4 Å². The number of ketones is 1. The first-order chi connectivity index (χ1) is 27.6. The zero-order chi connectivity index (χ0) is 44.3. The Kier molecular flexibility index (Phi) is 20.2. The molecule has 0 aliphatic carbocycles. The Hall–Kier alpha value is -5.31. The molecule has 0 unspecified atom stereocenters. The van der Waals surface area contributed by atoms with Gasteiger partial charge in [0.25, 0.3) is 5.91 Å². The summed E-state index contributed by atoms with van der Waals surface area (Å²) in [5, 5.41) is 19.9. The highest BCUT2D eigenvalue weighted by molar-refractivity contribution is 6.00. The van der Waals surface area contributed by atoms with Gasteiger partial charge in [0.2, 0.25) is 23.6 Å². The standard InChI is InChI=1S/C44H68N8O7/c1-28(2)36(41(58)50-34(19-15-27-47-42(45)59)39(56)48-31-22-20-29(3)21-23-31)51-40(57)33(49-38(55)30-16-11-10-12-17-30)18-13-14-26-46-35(53)25-24-32(52-44(7,8)9)37(54)43(4,5)6/h10-12,16-17,20-23,28,32-34,36,52H,13-15,18-19,24-27H2,1-9H3,(H,46,53)(H,48,56)(H,49,55)(H,50,58)(H,51,57)(H3,45,47,59)/t32-,33+,34+,36+/m1/s1. The van der Waals surface area contributed by atoms with Crippen LogP contribution in [0.15, 0.2) is 54.6 Å². The SMILES string of the molecule is Cc1ccc(NC(=O)[C@H](CCCNC(N)=O)NC(=O)[C@@H](NC(=O)[C@H](CCCCNC(=O)CC[C@@H](NC(C)(C)C)C(=O)C(C)(C)C)NC(=O)c2ccccc2)C(C)C)cc1. The van der Waals surface area contributed by atoms with E-state index in [1.165, 1.54) is 0 Å². The minimum absolute atomic E-state index is 0.0392. The molecule has 0 saturated heterocycles. The normalized spacial score (nSPS) is 13.6. The molecular formula is C44H68N8O7. The maximum absolute atomic E-state index is 13.9. The van der Waals surface area contributed by atoms with Gasteiger partial charge < -0.3 is 43.0 Å². The van der Waals surface area contributed by atoms with Gasteiger partial charge in [0.1, 0.15) is 18.1 Å². The number of carbonyl (C=O) groups excluding carboxylic acids is 7. The van der Waals surface area contributed by atoms with Crippen LogP contribution in [0.25, 0.3) is 0 Å². The predicted octanol–water partition coefficient (Wildman–Crippen LogP) is 4.24. The molecule has 0 bridgehead atoms. The van der Waals surface area contributed by atoms with Crippen molar-refractivity contribution in [1.82, 2.24) is 31.9 Å².